The van der Waals surface area contributed by atoms with Crippen molar-refractivity contribution in [3.63, 3.8) is 0 Å². The molecule has 0 aromatic heterocycles. The third-order valence-electron chi connectivity index (χ3n) is 3.54. The molecule has 2 nitrogen and oxygen atoms in total. The Morgan fingerprint density at radius 2 is 2.18 bits per heavy atom. The number of nitrogens with zero attached hydrogens (tertiary/aromatic N) is 1. The van der Waals surface area contributed by atoms with E-state index in [1.54, 1.807) is 0 Å². The van der Waals surface area contributed by atoms with Crippen LogP contribution in [0.3, 0.4) is 0 Å². The number of nitrogens with two attached hydrogens (primary N) is 1. The SMILES string of the molecule is CC1(C)CCCN(c2cccc(Br)c2CN)C1. The Labute approximate surface area is 112 Å². The standard InChI is InChI=1S/C14H21BrN2/c1-14(2)7-4-8-17(10-14)13-6-3-5-12(15)11(13)9-16/h3,5-6H,4,7-10,16H2,1-2H3. The van der Waals surface area contributed by atoms with Crippen LogP contribution in [-0.4, -0.2) is 13.1 Å². The molecule has 2 N–H and O–H groups in total. The summed E-state index contributed by atoms with van der Waals surface area (Å²) in [6.07, 6.45) is 2.58. The molecule has 0 aliphatic carbocycles. The Balaban J connectivity index is 2.30. The quantitative estimate of drug-likeness (QED) is 0.904. The highest BCUT2D eigenvalue weighted by atomic mass is 79.9. The van der Waals surface area contributed by atoms with Gasteiger partial charge in [-0.15, -0.1) is 0 Å². The Bertz CT molecular complexity index is 401. The fourth-order valence-corrected chi connectivity index (χ4v) is 3.19. The zero-order valence-electron chi connectivity index (χ0n) is 10.7. The van der Waals surface area contributed by atoms with Crippen molar-refractivity contribution in [2.45, 2.75) is 33.2 Å². The van der Waals surface area contributed by atoms with Gasteiger partial charge in [0.2, 0.25) is 0 Å². The van der Waals surface area contributed by atoms with Crippen LogP contribution in [0.5, 0.6) is 0 Å². The van der Waals surface area contributed by atoms with Crippen molar-refractivity contribution in [2.75, 3.05) is 18.0 Å². The molecule has 3 heteroatoms. The predicted molar refractivity (Wildman–Crippen MR) is 77.3 cm³/mol. The molecule has 0 atom stereocenters. The van der Waals surface area contributed by atoms with Crippen LogP contribution in [-0.2, 0) is 6.54 Å². The van der Waals surface area contributed by atoms with Crippen LogP contribution in [0.25, 0.3) is 0 Å². The Kier molecular flexibility index (Phi) is 3.79. The van der Waals surface area contributed by atoms with Crippen molar-refractivity contribution < 1.29 is 0 Å². The largest absolute Gasteiger partial charge is 0.371 e. The van der Waals surface area contributed by atoms with Gasteiger partial charge in [-0.2, -0.15) is 0 Å². The second-order valence-electron chi connectivity index (χ2n) is 5.63. The number of rotatable bonds is 2. The molecule has 0 saturated carbocycles. The summed E-state index contributed by atoms with van der Waals surface area (Å²) in [5, 5.41) is 0. The maximum absolute atomic E-state index is 5.87. The minimum absolute atomic E-state index is 0.409. The molecule has 1 aromatic rings. The smallest absolute Gasteiger partial charge is 0.0423 e. The molecule has 0 amide bonds. The van der Waals surface area contributed by atoms with E-state index in [1.165, 1.54) is 24.1 Å². The first-order valence-corrected chi connectivity index (χ1v) is 7.05. The van der Waals surface area contributed by atoms with E-state index in [0.29, 0.717) is 12.0 Å². The molecular formula is C14H21BrN2. The van der Waals surface area contributed by atoms with E-state index in [0.717, 1.165) is 17.6 Å². The first-order chi connectivity index (χ1) is 8.03. The first kappa shape index (κ1) is 12.9. The molecule has 1 aromatic carbocycles. The second-order valence-corrected chi connectivity index (χ2v) is 6.49. The van der Waals surface area contributed by atoms with Gasteiger partial charge >= 0.3 is 0 Å². The van der Waals surface area contributed by atoms with Gasteiger partial charge in [0.05, 0.1) is 0 Å². The van der Waals surface area contributed by atoms with E-state index in [1.807, 2.05) is 0 Å². The van der Waals surface area contributed by atoms with Gasteiger partial charge in [0.15, 0.2) is 0 Å². The van der Waals surface area contributed by atoms with Crippen molar-refractivity contribution >= 4 is 21.6 Å². The van der Waals surface area contributed by atoms with Crippen molar-refractivity contribution in [1.82, 2.24) is 0 Å². The maximum atomic E-state index is 5.87. The van der Waals surface area contributed by atoms with Crippen molar-refractivity contribution in [1.29, 1.82) is 0 Å². The lowest BCUT2D eigenvalue weighted by atomic mass is 9.84. The summed E-state index contributed by atoms with van der Waals surface area (Å²) in [7, 11) is 0. The zero-order chi connectivity index (χ0) is 12.5. The van der Waals surface area contributed by atoms with Gasteiger partial charge in [-0.3, -0.25) is 0 Å². The summed E-state index contributed by atoms with van der Waals surface area (Å²) >= 11 is 3.60. The molecule has 2 rings (SSSR count). The molecule has 94 valence electrons. The molecule has 1 saturated heterocycles. The minimum Gasteiger partial charge on any atom is -0.371 e. The van der Waals surface area contributed by atoms with Gasteiger partial charge in [-0.05, 0) is 30.4 Å². The monoisotopic (exact) mass is 296 g/mol. The highest BCUT2D eigenvalue weighted by molar-refractivity contribution is 9.10. The van der Waals surface area contributed by atoms with Gasteiger partial charge in [-0.25, -0.2) is 0 Å². The lowest BCUT2D eigenvalue weighted by molar-refractivity contribution is 0.293. The van der Waals surface area contributed by atoms with E-state index in [9.17, 15) is 0 Å². The average molecular weight is 297 g/mol. The highest BCUT2D eigenvalue weighted by Gasteiger charge is 2.27. The summed E-state index contributed by atoms with van der Waals surface area (Å²) < 4.78 is 1.13. The van der Waals surface area contributed by atoms with Crippen LogP contribution < -0.4 is 10.6 Å². The summed E-state index contributed by atoms with van der Waals surface area (Å²) in [4.78, 5) is 2.48. The molecule has 17 heavy (non-hydrogen) atoms. The molecule has 1 aliphatic heterocycles. The third-order valence-corrected chi connectivity index (χ3v) is 4.28. The van der Waals surface area contributed by atoms with Gasteiger partial charge in [0.1, 0.15) is 0 Å². The van der Waals surface area contributed by atoms with Crippen LogP contribution >= 0.6 is 15.9 Å². The maximum Gasteiger partial charge on any atom is 0.0423 e. The third kappa shape index (κ3) is 2.83. The zero-order valence-corrected chi connectivity index (χ0v) is 12.3. The van der Waals surface area contributed by atoms with Crippen LogP contribution in [0.15, 0.2) is 22.7 Å². The second kappa shape index (κ2) is 4.99. The number of hydrogen-bond donors (Lipinski definition) is 1. The normalized spacial score (nSPS) is 19.4. The molecule has 1 aliphatic rings. The van der Waals surface area contributed by atoms with E-state index < -0.39 is 0 Å². The lowest BCUT2D eigenvalue weighted by Crippen LogP contribution is -2.40. The number of anilines is 1. The minimum atomic E-state index is 0.409. The van der Waals surface area contributed by atoms with Crippen LogP contribution in [0.1, 0.15) is 32.3 Å². The lowest BCUT2D eigenvalue weighted by Gasteiger charge is -2.40. The van der Waals surface area contributed by atoms with Crippen molar-refractivity contribution in [3.05, 3.63) is 28.2 Å². The molecule has 0 radical (unpaired) electrons. The van der Waals surface area contributed by atoms with Gasteiger partial charge in [-0.1, -0.05) is 35.8 Å². The topological polar surface area (TPSA) is 29.3 Å². The number of piperidine rings is 1. The summed E-state index contributed by atoms with van der Waals surface area (Å²) in [6, 6.07) is 6.36. The van der Waals surface area contributed by atoms with E-state index >= 15 is 0 Å². The molecule has 0 unspecified atom stereocenters. The Morgan fingerprint density at radius 3 is 2.82 bits per heavy atom. The Morgan fingerprint density at radius 1 is 1.41 bits per heavy atom. The van der Waals surface area contributed by atoms with Gasteiger partial charge in [0, 0.05) is 35.4 Å². The van der Waals surface area contributed by atoms with Gasteiger partial charge in [0.25, 0.3) is 0 Å². The summed E-state index contributed by atoms with van der Waals surface area (Å²) in [5.41, 5.74) is 8.81. The summed E-state index contributed by atoms with van der Waals surface area (Å²) in [5.74, 6) is 0. The number of hydrogen-bond acceptors (Lipinski definition) is 2. The number of benzene rings is 1. The van der Waals surface area contributed by atoms with Crippen LogP contribution in [0.4, 0.5) is 5.69 Å². The average Bonchev–Trinajstić information content (AvgIpc) is 2.27. The van der Waals surface area contributed by atoms with E-state index in [-0.39, 0.29) is 0 Å². The van der Waals surface area contributed by atoms with Crippen LogP contribution in [0.2, 0.25) is 0 Å². The van der Waals surface area contributed by atoms with E-state index in [2.05, 4.69) is 52.9 Å². The summed E-state index contributed by atoms with van der Waals surface area (Å²) in [6.45, 7) is 7.55. The predicted octanol–water partition coefficient (Wildman–Crippen LogP) is 3.53. The van der Waals surface area contributed by atoms with Crippen LogP contribution in [0, 0.1) is 5.41 Å². The van der Waals surface area contributed by atoms with E-state index in [4.69, 9.17) is 5.73 Å². The first-order valence-electron chi connectivity index (χ1n) is 6.26. The Hall–Kier alpha value is -0.540. The molecular weight excluding hydrogens is 276 g/mol. The van der Waals surface area contributed by atoms with Crippen molar-refractivity contribution in [3.8, 4) is 0 Å². The number of halogens is 1. The molecule has 0 bridgehead atoms. The van der Waals surface area contributed by atoms with Crippen molar-refractivity contribution in [2.24, 2.45) is 11.1 Å². The molecule has 1 fully saturated rings. The fourth-order valence-electron chi connectivity index (χ4n) is 2.67. The molecule has 1 heterocycles. The van der Waals surface area contributed by atoms with Gasteiger partial charge < -0.3 is 10.6 Å². The fraction of sp³-hybridized carbons (Fsp3) is 0.571. The molecule has 0 spiro atoms. The highest BCUT2D eigenvalue weighted by Crippen LogP contribution is 2.34.